The number of aliphatic hydroxyl groups is 1. The van der Waals surface area contributed by atoms with Crippen molar-refractivity contribution in [2.45, 2.75) is 37.5 Å². The first kappa shape index (κ1) is 23.9. The van der Waals surface area contributed by atoms with E-state index < -0.39 is 36.4 Å². The number of nitrogens with two attached hydrogens (primary N) is 1. The molecule has 1 atom stereocenters. The maximum Gasteiger partial charge on any atom is 0.410 e. The first-order valence-corrected chi connectivity index (χ1v) is 8.64. The zero-order chi connectivity index (χ0) is 22.0. The Morgan fingerprint density at radius 2 is 1.62 bits per heavy atom. The van der Waals surface area contributed by atoms with Crippen LogP contribution in [0.4, 0.5) is 4.79 Å². The molecule has 1 aromatic rings. The predicted molar refractivity (Wildman–Crippen MR) is 97.9 cm³/mol. The van der Waals surface area contributed by atoms with Crippen LogP contribution < -0.4 is 5.73 Å². The summed E-state index contributed by atoms with van der Waals surface area (Å²) in [6.45, 7) is 1.63. The highest BCUT2D eigenvalue weighted by Crippen LogP contribution is 2.15. The topological polar surface area (TPSA) is 188 Å². The van der Waals surface area contributed by atoms with Gasteiger partial charge >= 0.3 is 24.0 Å². The molecule has 1 amide bonds. The third-order valence-corrected chi connectivity index (χ3v) is 3.97. The van der Waals surface area contributed by atoms with E-state index in [4.69, 9.17) is 30.9 Å². The minimum Gasteiger partial charge on any atom is -0.481 e. The lowest BCUT2D eigenvalue weighted by atomic mass is 9.96. The minimum absolute atomic E-state index is 0.101. The van der Waals surface area contributed by atoms with Crippen LogP contribution in [0.1, 0.15) is 24.8 Å². The van der Waals surface area contributed by atoms with E-state index in [1.807, 2.05) is 30.3 Å². The number of ether oxygens (including phenoxy) is 1. The molecule has 1 saturated heterocycles. The third-order valence-electron chi connectivity index (χ3n) is 3.97. The van der Waals surface area contributed by atoms with Crippen molar-refractivity contribution < 1.29 is 44.3 Å². The maximum atomic E-state index is 11.6. The first-order valence-electron chi connectivity index (χ1n) is 8.64. The van der Waals surface area contributed by atoms with E-state index in [0.29, 0.717) is 19.7 Å². The molecule has 1 fully saturated rings. The third kappa shape index (κ3) is 8.58. The Balaban J connectivity index is 0.000000298. The second kappa shape index (κ2) is 11.0. The monoisotopic (exact) mass is 412 g/mol. The second-order valence-electron chi connectivity index (χ2n) is 6.51. The SMILES string of the molecule is N[C@H]1CCN(C(=O)OCc2ccccc2)C1.O=C(O)CC(O)(CC(=O)O)C(=O)O. The van der Waals surface area contributed by atoms with Gasteiger partial charge in [0.25, 0.3) is 0 Å². The second-order valence-corrected chi connectivity index (χ2v) is 6.51. The van der Waals surface area contributed by atoms with Crippen molar-refractivity contribution >= 4 is 24.0 Å². The van der Waals surface area contributed by atoms with Gasteiger partial charge in [-0.15, -0.1) is 0 Å². The normalized spacial score (nSPS) is 15.8. The molecule has 1 aliphatic rings. The molecule has 0 unspecified atom stereocenters. The minimum atomic E-state index is -2.74. The van der Waals surface area contributed by atoms with Gasteiger partial charge in [0.15, 0.2) is 5.60 Å². The van der Waals surface area contributed by atoms with Gasteiger partial charge in [-0.2, -0.15) is 0 Å². The zero-order valence-corrected chi connectivity index (χ0v) is 15.6. The number of amides is 1. The van der Waals surface area contributed by atoms with E-state index in [1.165, 1.54) is 0 Å². The van der Waals surface area contributed by atoms with Crippen molar-refractivity contribution in [1.29, 1.82) is 0 Å². The largest absolute Gasteiger partial charge is 0.481 e. The summed E-state index contributed by atoms with van der Waals surface area (Å²) in [7, 11) is 0. The Labute approximate surface area is 166 Å². The number of hydrogen-bond acceptors (Lipinski definition) is 7. The van der Waals surface area contributed by atoms with Gasteiger partial charge in [-0.1, -0.05) is 30.3 Å². The molecule has 2 rings (SSSR count). The number of aliphatic carboxylic acids is 3. The van der Waals surface area contributed by atoms with Gasteiger partial charge in [0.2, 0.25) is 0 Å². The molecule has 1 aromatic carbocycles. The molecule has 160 valence electrons. The molecule has 0 spiro atoms. The summed E-state index contributed by atoms with van der Waals surface area (Å²) in [4.78, 5) is 43.8. The number of nitrogens with zero attached hydrogens (tertiary/aromatic N) is 1. The molecule has 1 heterocycles. The number of benzene rings is 1. The highest BCUT2D eigenvalue weighted by atomic mass is 16.6. The van der Waals surface area contributed by atoms with E-state index in [-0.39, 0.29) is 12.1 Å². The number of carboxylic acid groups (broad SMARTS) is 3. The van der Waals surface area contributed by atoms with Crippen molar-refractivity contribution in [1.82, 2.24) is 4.90 Å². The summed E-state index contributed by atoms with van der Waals surface area (Å²) >= 11 is 0. The van der Waals surface area contributed by atoms with Gasteiger partial charge in [0, 0.05) is 19.1 Å². The number of rotatable bonds is 7. The molecule has 6 N–H and O–H groups in total. The summed E-state index contributed by atoms with van der Waals surface area (Å²) in [6.07, 6.45) is -1.69. The summed E-state index contributed by atoms with van der Waals surface area (Å²) in [6, 6.07) is 9.75. The molecule has 0 aromatic heterocycles. The number of likely N-dealkylation sites (tertiary alicyclic amines) is 1. The Hall–Kier alpha value is -3.18. The number of hydrogen-bond donors (Lipinski definition) is 5. The molecule has 0 bridgehead atoms. The van der Waals surface area contributed by atoms with E-state index >= 15 is 0 Å². The molecule has 0 saturated carbocycles. The van der Waals surface area contributed by atoms with Crippen LogP contribution in [0.25, 0.3) is 0 Å². The standard InChI is InChI=1S/C12H16N2O2.C6H8O7/c13-11-6-7-14(8-11)12(15)16-9-10-4-2-1-3-5-10;7-3(8)1-6(13,5(11)12)2-4(9)10/h1-5,11H,6-9,13H2;13H,1-2H2,(H,7,8)(H,9,10)(H,11,12)/t11-;/m0./s1. The van der Waals surface area contributed by atoms with E-state index in [2.05, 4.69) is 0 Å². The van der Waals surface area contributed by atoms with Crippen molar-refractivity contribution in [3.8, 4) is 0 Å². The molecule has 0 aliphatic carbocycles. The fourth-order valence-corrected chi connectivity index (χ4v) is 2.48. The number of carboxylic acids is 3. The van der Waals surface area contributed by atoms with Crippen molar-refractivity contribution in [2.24, 2.45) is 5.73 Å². The number of carbonyl (C=O) groups is 4. The quantitative estimate of drug-likeness (QED) is 0.411. The van der Waals surface area contributed by atoms with Gasteiger partial charge in [-0.25, -0.2) is 9.59 Å². The van der Waals surface area contributed by atoms with Gasteiger partial charge in [0.05, 0.1) is 12.8 Å². The van der Waals surface area contributed by atoms with Crippen LogP contribution in [0.15, 0.2) is 30.3 Å². The molecule has 29 heavy (non-hydrogen) atoms. The van der Waals surface area contributed by atoms with Crippen LogP contribution >= 0.6 is 0 Å². The molecule has 1 aliphatic heterocycles. The highest BCUT2D eigenvalue weighted by Gasteiger charge is 2.40. The van der Waals surface area contributed by atoms with Gasteiger partial charge in [-0.05, 0) is 12.0 Å². The van der Waals surface area contributed by atoms with E-state index in [1.54, 1.807) is 4.90 Å². The molecule has 0 radical (unpaired) electrons. The molecule has 11 heteroatoms. The van der Waals surface area contributed by atoms with Crippen LogP contribution in [-0.4, -0.2) is 74.1 Å². The average Bonchev–Trinajstić information content (AvgIpc) is 3.06. The number of carbonyl (C=O) groups excluding carboxylic acids is 1. The Morgan fingerprint density at radius 1 is 1.07 bits per heavy atom. The zero-order valence-electron chi connectivity index (χ0n) is 15.6. The van der Waals surface area contributed by atoms with Crippen LogP contribution in [-0.2, 0) is 25.7 Å². The maximum absolute atomic E-state index is 11.6. The summed E-state index contributed by atoms with van der Waals surface area (Å²) in [5, 5.41) is 33.8. The fraction of sp³-hybridized carbons (Fsp3) is 0.444. The van der Waals surface area contributed by atoms with E-state index in [9.17, 15) is 19.2 Å². The van der Waals surface area contributed by atoms with E-state index in [0.717, 1.165) is 12.0 Å². The van der Waals surface area contributed by atoms with Crippen molar-refractivity contribution in [2.75, 3.05) is 13.1 Å². The van der Waals surface area contributed by atoms with Crippen LogP contribution in [0.3, 0.4) is 0 Å². The molecular formula is C18H24N2O9. The highest BCUT2D eigenvalue weighted by molar-refractivity contribution is 5.88. The van der Waals surface area contributed by atoms with Crippen LogP contribution in [0.2, 0.25) is 0 Å². The predicted octanol–water partition coefficient (Wildman–Crippen LogP) is 0.108. The van der Waals surface area contributed by atoms with Crippen molar-refractivity contribution in [3.05, 3.63) is 35.9 Å². The first-order chi connectivity index (χ1) is 13.5. The Bertz CT molecular complexity index is 707. The Morgan fingerprint density at radius 3 is 2.03 bits per heavy atom. The lowest BCUT2D eigenvalue weighted by Gasteiger charge is -2.18. The van der Waals surface area contributed by atoms with Gasteiger partial charge < -0.3 is 35.8 Å². The average molecular weight is 412 g/mol. The lowest BCUT2D eigenvalue weighted by Crippen LogP contribution is -2.42. The summed E-state index contributed by atoms with van der Waals surface area (Å²) in [5.74, 6) is -5.02. The lowest BCUT2D eigenvalue weighted by molar-refractivity contribution is -0.170. The van der Waals surface area contributed by atoms with Crippen LogP contribution in [0.5, 0.6) is 0 Å². The smallest absolute Gasteiger partial charge is 0.410 e. The summed E-state index contributed by atoms with van der Waals surface area (Å²) in [5.41, 5.74) is 3.98. The summed E-state index contributed by atoms with van der Waals surface area (Å²) < 4.78 is 5.19. The molecule has 11 nitrogen and oxygen atoms in total. The fourth-order valence-electron chi connectivity index (χ4n) is 2.48. The van der Waals surface area contributed by atoms with Gasteiger partial charge in [0.1, 0.15) is 6.61 Å². The van der Waals surface area contributed by atoms with Crippen LogP contribution in [0, 0.1) is 0 Å². The van der Waals surface area contributed by atoms with Gasteiger partial charge in [-0.3, -0.25) is 9.59 Å². The Kier molecular flexibility index (Phi) is 9.03. The molecular weight excluding hydrogens is 388 g/mol. The van der Waals surface area contributed by atoms with Crippen molar-refractivity contribution in [3.63, 3.8) is 0 Å².